The molecule has 0 spiro atoms. The second-order valence-corrected chi connectivity index (χ2v) is 5.85. The van der Waals surface area contributed by atoms with Crippen molar-refractivity contribution in [1.82, 2.24) is 20.4 Å². The van der Waals surface area contributed by atoms with Crippen LogP contribution < -0.4 is 10.6 Å². The van der Waals surface area contributed by atoms with Crippen molar-refractivity contribution in [1.29, 1.82) is 0 Å². The predicted octanol–water partition coefficient (Wildman–Crippen LogP) is 2.38. The molecule has 1 aromatic carbocycles. The maximum Gasteiger partial charge on any atom is 0.191 e. The van der Waals surface area contributed by atoms with Crippen molar-refractivity contribution in [3.63, 3.8) is 0 Å². The molecule has 1 aromatic heterocycles. The van der Waals surface area contributed by atoms with Crippen molar-refractivity contribution in [3.8, 4) is 0 Å². The van der Waals surface area contributed by atoms with E-state index in [1.165, 1.54) is 11.1 Å². The van der Waals surface area contributed by atoms with Gasteiger partial charge in [0.2, 0.25) is 0 Å². The normalized spacial score (nSPS) is 12.9. The second kappa shape index (κ2) is 8.98. The summed E-state index contributed by atoms with van der Waals surface area (Å²) in [6.45, 7) is 5.86. The monoisotopic (exact) mass is 313 g/mol. The highest BCUT2D eigenvalue weighted by Crippen LogP contribution is 2.04. The van der Waals surface area contributed by atoms with Crippen LogP contribution in [0.25, 0.3) is 0 Å². The van der Waals surface area contributed by atoms with E-state index in [1.807, 2.05) is 24.0 Å². The van der Waals surface area contributed by atoms with Gasteiger partial charge in [-0.15, -0.1) is 0 Å². The number of aryl methyl sites for hydroxylation is 2. The molecule has 1 unspecified atom stereocenters. The average Bonchev–Trinajstić information content (AvgIpc) is 2.98. The van der Waals surface area contributed by atoms with Crippen molar-refractivity contribution < 1.29 is 0 Å². The molecule has 0 aliphatic heterocycles. The lowest BCUT2D eigenvalue weighted by atomic mass is 10.1. The lowest BCUT2D eigenvalue weighted by Gasteiger charge is -2.18. The Morgan fingerprint density at radius 1 is 1.30 bits per heavy atom. The summed E-state index contributed by atoms with van der Waals surface area (Å²) in [6.07, 6.45) is 6.06. The molecule has 5 heteroatoms. The molecule has 124 valence electrons. The molecule has 5 nitrogen and oxygen atoms in total. The van der Waals surface area contributed by atoms with E-state index in [0.717, 1.165) is 31.9 Å². The SMILES string of the molecule is CN=C(NCCn1cc(C)cn1)NC(C)CCc1ccccc1. The molecular formula is C18H27N5. The highest BCUT2D eigenvalue weighted by molar-refractivity contribution is 5.79. The first-order valence-electron chi connectivity index (χ1n) is 8.17. The fourth-order valence-corrected chi connectivity index (χ4v) is 2.41. The first kappa shape index (κ1) is 17.1. The van der Waals surface area contributed by atoms with E-state index in [0.29, 0.717) is 6.04 Å². The van der Waals surface area contributed by atoms with Crippen LogP contribution in [0.3, 0.4) is 0 Å². The van der Waals surface area contributed by atoms with Crippen molar-refractivity contribution in [3.05, 3.63) is 53.9 Å². The van der Waals surface area contributed by atoms with Crippen LogP contribution in [-0.4, -0.2) is 35.4 Å². The third-order valence-corrected chi connectivity index (χ3v) is 3.71. The van der Waals surface area contributed by atoms with Crippen molar-refractivity contribution in [2.45, 2.75) is 39.3 Å². The first-order valence-corrected chi connectivity index (χ1v) is 8.17. The van der Waals surface area contributed by atoms with Gasteiger partial charge in [-0.3, -0.25) is 9.67 Å². The fraction of sp³-hybridized carbons (Fsp3) is 0.444. The van der Waals surface area contributed by atoms with Gasteiger partial charge in [-0.2, -0.15) is 5.10 Å². The van der Waals surface area contributed by atoms with E-state index in [9.17, 15) is 0 Å². The third kappa shape index (κ3) is 6.14. The molecule has 1 atom stereocenters. The lowest BCUT2D eigenvalue weighted by Crippen LogP contribution is -2.43. The van der Waals surface area contributed by atoms with Gasteiger partial charge < -0.3 is 10.6 Å². The summed E-state index contributed by atoms with van der Waals surface area (Å²) in [5.41, 5.74) is 2.56. The van der Waals surface area contributed by atoms with E-state index in [-0.39, 0.29) is 0 Å². The molecule has 23 heavy (non-hydrogen) atoms. The van der Waals surface area contributed by atoms with Crippen LogP contribution in [-0.2, 0) is 13.0 Å². The summed E-state index contributed by atoms with van der Waals surface area (Å²) in [5, 5.41) is 11.1. The summed E-state index contributed by atoms with van der Waals surface area (Å²) in [7, 11) is 1.80. The molecule has 1 heterocycles. The van der Waals surface area contributed by atoms with Crippen LogP contribution in [0.2, 0.25) is 0 Å². The number of hydrogen-bond acceptors (Lipinski definition) is 2. The van der Waals surface area contributed by atoms with Crippen LogP contribution in [0.4, 0.5) is 0 Å². The quantitative estimate of drug-likeness (QED) is 0.609. The minimum absolute atomic E-state index is 0.369. The molecule has 0 fully saturated rings. The summed E-state index contributed by atoms with van der Waals surface area (Å²) in [4.78, 5) is 4.28. The smallest absolute Gasteiger partial charge is 0.191 e. The van der Waals surface area contributed by atoms with Gasteiger partial charge in [0.15, 0.2) is 5.96 Å². The van der Waals surface area contributed by atoms with Gasteiger partial charge in [0.25, 0.3) is 0 Å². The minimum atomic E-state index is 0.369. The molecule has 0 radical (unpaired) electrons. The summed E-state index contributed by atoms with van der Waals surface area (Å²) < 4.78 is 1.94. The Balaban J connectivity index is 1.69. The van der Waals surface area contributed by atoms with Gasteiger partial charge in [-0.25, -0.2) is 0 Å². The summed E-state index contributed by atoms with van der Waals surface area (Å²) in [6, 6.07) is 10.9. The second-order valence-electron chi connectivity index (χ2n) is 5.85. The van der Waals surface area contributed by atoms with E-state index >= 15 is 0 Å². The van der Waals surface area contributed by atoms with Gasteiger partial charge in [0.1, 0.15) is 0 Å². The third-order valence-electron chi connectivity index (χ3n) is 3.71. The number of guanidine groups is 1. The van der Waals surface area contributed by atoms with E-state index in [4.69, 9.17) is 0 Å². The van der Waals surface area contributed by atoms with Gasteiger partial charge >= 0.3 is 0 Å². The predicted molar refractivity (Wildman–Crippen MR) is 95.7 cm³/mol. The topological polar surface area (TPSA) is 54.2 Å². The van der Waals surface area contributed by atoms with Crippen molar-refractivity contribution in [2.24, 2.45) is 4.99 Å². The number of nitrogens with zero attached hydrogens (tertiary/aromatic N) is 3. The number of aromatic nitrogens is 2. The molecular weight excluding hydrogens is 286 g/mol. The van der Waals surface area contributed by atoms with Crippen LogP contribution in [0.15, 0.2) is 47.7 Å². The van der Waals surface area contributed by atoms with Gasteiger partial charge in [-0.05, 0) is 37.8 Å². The number of benzene rings is 1. The van der Waals surface area contributed by atoms with Crippen LogP contribution in [0.1, 0.15) is 24.5 Å². The van der Waals surface area contributed by atoms with E-state index in [1.54, 1.807) is 7.05 Å². The standard InChI is InChI=1S/C18H27N5/c1-15-13-21-23(14-15)12-11-20-18(19-3)22-16(2)9-10-17-7-5-4-6-8-17/h4-8,13-14,16H,9-12H2,1-3H3,(H2,19,20,22). The fourth-order valence-electron chi connectivity index (χ4n) is 2.41. The van der Waals surface area contributed by atoms with Crippen LogP contribution >= 0.6 is 0 Å². The number of hydrogen-bond donors (Lipinski definition) is 2. The molecule has 0 saturated carbocycles. The molecule has 0 aliphatic carbocycles. The Kier molecular flexibility index (Phi) is 6.66. The molecule has 2 rings (SSSR count). The minimum Gasteiger partial charge on any atom is -0.355 e. The Morgan fingerprint density at radius 3 is 2.74 bits per heavy atom. The number of rotatable bonds is 7. The molecule has 0 saturated heterocycles. The maximum absolute atomic E-state index is 4.28. The highest BCUT2D eigenvalue weighted by Gasteiger charge is 2.05. The zero-order chi connectivity index (χ0) is 16.5. The zero-order valence-electron chi connectivity index (χ0n) is 14.3. The average molecular weight is 313 g/mol. The van der Waals surface area contributed by atoms with Crippen LogP contribution in [0, 0.1) is 6.92 Å². The van der Waals surface area contributed by atoms with Gasteiger partial charge in [-0.1, -0.05) is 30.3 Å². The van der Waals surface area contributed by atoms with Crippen LogP contribution in [0.5, 0.6) is 0 Å². The van der Waals surface area contributed by atoms with E-state index < -0.39 is 0 Å². The molecule has 2 aromatic rings. The van der Waals surface area contributed by atoms with Crippen molar-refractivity contribution >= 4 is 5.96 Å². The molecule has 0 amide bonds. The number of aliphatic imine (C=N–C) groups is 1. The van der Waals surface area contributed by atoms with Crippen molar-refractivity contribution in [2.75, 3.05) is 13.6 Å². The van der Waals surface area contributed by atoms with Gasteiger partial charge in [0.05, 0.1) is 12.7 Å². The lowest BCUT2D eigenvalue weighted by molar-refractivity contribution is 0.571. The Bertz CT molecular complexity index is 603. The molecule has 0 aliphatic rings. The Labute approximate surface area is 138 Å². The Morgan fingerprint density at radius 2 is 2.09 bits per heavy atom. The largest absolute Gasteiger partial charge is 0.355 e. The number of nitrogens with one attached hydrogen (secondary N) is 2. The maximum atomic E-state index is 4.28. The summed E-state index contributed by atoms with van der Waals surface area (Å²) >= 11 is 0. The van der Waals surface area contributed by atoms with Gasteiger partial charge in [0, 0.05) is 25.8 Å². The zero-order valence-corrected chi connectivity index (χ0v) is 14.3. The van der Waals surface area contributed by atoms with E-state index in [2.05, 4.69) is 58.0 Å². The first-order chi connectivity index (χ1) is 11.2. The summed E-state index contributed by atoms with van der Waals surface area (Å²) in [5.74, 6) is 0.842. The highest BCUT2D eigenvalue weighted by atomic mass is 15.3. The molecule has 2 N–H and O–H groups in total. The Hall–Kier alpha value is -2.30. The molecule has 0 bridgehead atoms.